The van der Waals surface area contributed by atoms with Crippen molar-refractivity contribution in [1.82, 2.24) is 34.3 Å². The molecule has 0 aromatic carbocycles. The quantitative estimate of drug-likeness (QED) is 0.409. The van der Waals surface area contributed by atoms with Gasteiger partial charge >= 0.3 is 0 Å². The van der Waals surface area contributed by atoms with E-state index in [0.717, 1.165) is 18.5 Å². The van der Waals surface area contributed by atoms with Gasteiger partial charge in [0.25, 0.3) is 5.91 Å². The van der Waals surface area contributed by atoms with E-state index >= 15 is 0 Å². The summed E-state index contributed by atoms with van der Waals surface area (Å²) in [4.78, 5) is 27.7. The second-order valence-corrected chi connectivity index (χ2v) is 8.70. The number of nitrogens with one attached hydrogen (secondary N) is 1. The molecule has 178 valence electrons. The molecule has 0 spiro atoms. The van der Waals surface area contributed by atoms with E-state index in [1.165, 1.54) is 18.6 Å². The number of fused-ring (bicyclic) bond motifs is 1. The average molecular weight is 472 g/mol. The first-order valence-electron chi connectivity index (χ1n) is 11.4. The molecule has 2 atom stereocenters. The number of hydrogen-bond acceptors (Lipinski definition) is 9. The third-order valence-corrected chi connectivity index (χ3v) is 6.13. The monoisotopic (exact) mass is 471 g/mol. The van der Waals surface area contributed by atoms with Gasteiger partial charge in [-0.15, -0.1) is 0 Å². The molecular formula is C23H25N11O. The molecule has 4 aromatic rings. The number of nitriles is 1. The van der Waals surface area contributed by atoms with Crippen LogP contribution in [-0.2, 0) is 6.54 Å². The number of primary amides is 1. The Hall–Kier alpha value is -4.53. The van der Waals surface area contributed by atoms with E-state index in [0.29, 0.717) is 41.6 Å². The highest BCUT2D eigenvalue weighted by molar-refractivity contribution is 6.01. The summed E-state index contributed by atoms with van der Waals surface area (Å²) in [6.45, 7) is 6.36. The zero-order valence-corrected chi connectivity index (χ0v) is 19.5. The van der Waals surface area contributed by atoms with Crippen molar-refractivity contribution in [3.8, 4) is 17.3 Å². The summed E-state index contributed by atoms with van der Waals surface area (Å²) in [5.74, 6) is 0.188. The van der Waals surface area contributed by atoms with E-state index in [2.05, 4.69) is 39.3 Å². The molecule has 5 heterocycles. The lowest BCUT2D eigenvalue weighted by atomic mass is 10.1. The minimum absolute atomic E-state index is 0.0222. The van der Waals surface area contributed by atoms with E-state index in [4.69, 9.17) is 16.0 Å². The summed E-state index contributed by atoms with van der Waals surface area (Å²) < 4.78 is 3.52. The summed E-state index contributed by atoms with van der Waals surface area (Å²) in [5.41, 5.74) is 9.01. The minimum Gasteiger partial charge on any atom is -0.376 e. The average Bonchev–Trinajstić information content (AvgIpc) is 3.58. The Morgan fingerprint density at radius 3 is 2.71 bits per heavy atom. The van der Waals surface area contributed by atoms with Crippen LogP contribution in [0.1, 0.15) is 36.2 Å². The predicted molar refractivity (Wildman–Crippen MR) is 129 cm³/mol. The lowest BCUT2D eigenvalue weighted by molar-refractivity contribution is 0.100. The first-order valence-corrected chi connectivity index (χ1v) is 11.4. The van der Waals surface area contributed by atoms with E-state index in [1.807, 2.05) is 28.0 Å². The molecule has 1 saturated heterocycles. The van der Waals surface area contributed by atoms with Gasteiger partial charge in [-0.1, -0.05) is 13.8 Å². The Morgan fingerprint density at radius 2 is 2.00 bits per heavy atom. The SMILES string of the molecule is CCCn1cc(-c2cn3ncc(C(N)=O)c(N[C@@H]4CN(c5ncc(C#N)cn5)C[C@H]4C)c3n2)cn1. The first-order chi connectivity index (χ1) is 17.0. The van der Waals surface area contributed by atoms with Crippen molar-refractivity contribution in [2.45, 2.75) is 32.9 Å². The highest BCUT2D eigenvalue weighted by atomic mass is 16.1. The highest BCUT2D eigenvalue weighted by Crippen LogP contribution is 2.29. The van der Waals surface area contributed by atoms with Crippen LogP contribution in [0, 0.1) is 17.2 Å². The van der Waals surface area contributed by atoms with Crippen LogP contribution in [0.4, 0.5) is 11.6 Å². The van der Waals surface area contributed by atoms with Crippen molar-refractivity contribution in [3.05, 3.63) is 48.3 Å². The number of nitrogens with two attached hydrogens (primary N) is 1. The molecule has 5 rings (SSSR count). The largest absolute Gasteiger partial charge is 0.376 e. The van der Waals surface area contributed by atoms with E-state index in [9.17, 15) is 4.79 Å². The number of rotatable bonds is 7. The Kier molecular flexibility index (Phi) is 5.74. The van der Waals surface area contributed by atoms with Gasteiger partial charge in [0.1, 0.15) is 6.07 Å². The third-order valence-electron chi connectivity index (χ3n) is 6.13. The number of aromatic nitrogens is 7. The van der Waals surface area contributed by atoms with Crippen LogP contribution < -0.4 is 16.0 Å². The Bertz CT molecular complexity index is 1420. The number of carbonyl (C=O) groups excluding carboxylic acids is 1. The Morgan fingerprint density at radius 1 is 1.20 bits per heavy atom. The lowest BCUT2D eigenvalue weighted by Crippen LogP contribution is -2.30. The number of aryl methyl sites for hydroxylation is 1. The topological polar surface area (TPSA) is 156 Å². The third kappa shape index (κ3) is 4.23. The minimum atomic E-state index is -0.583. The second kappa shape index (κ2) is 9.02. The summed E-state index contributed by atoms with van der Waals surface area (Å²) in [5, 5.41) is 21.2. The van der Waals surface area contributed by atoms with Crippen LogP contribution >= 0.6 is 0 Å². The van der Waals surface area contributed by atoms with Crippen LogP contribution in [0.5, 0.6) is 0 Å². The molecular weight excluding hydrogens is 446 g/mol. The normalized spacial score (nSPS) is 17.6. The summed E-state index contributed by atoms with van der Waals surface area (Å²) in [6.07, 6.45) is 11.0. The van der Waals surface area contributed by atoms with E-state index in [-0.39, 0.29) is 17.5 Å². The number of carbonyl (C=O) groups is 1. The molecule has 1 fully saturated rings. The van der Waals surface area contributed by atoms with Crippen LogP contribution in [-0.4, -0.2) is 59.4 Å². The van der Waals surface area contributed by atoms with Crippen LogP contribution in [0.15, 0.2) is 37.2 Å². The van der Waals surface area contributed by atoms with E-state index < -0.39 is 5.91 Å². The van der Waals surface area contributed by atoms with Crippen LogP contribution in [0.25, 0.3) is 16.9 Å². The van der Waals surface area contributed by atoms with Gasteiger partial charge in [0.15, 0.2) is 5.65 Å². The van der Waals surface area contributed by atoms with E-state index in [1.54, 1.807) is 10.7 Å². The number of imidazole rings is 1. The number of amides is 1. The Balaban J connectivity index is 1.46. The van der Waals surface area contributed by atoms with Gasteiger partial charge in [-0.2, -0.15) is 15.5 Å². The first kappa shape index (κ1) is 22.3. The summed E-state index contributed by atoms with van der Waals surface area (Å²) >= 11 is 0. The van der Waals surface area contributed by atoms with Gasteiger partial charge in [0, 0.05) is 37.4 Å². The molecule has 0 unspecified atom stereocenters. The molecule has 0 radical (unpaired) electrons. The number of anilines is 2. The molecule has 0 saturated carbocycles. The second-order valence-electron chi connectivity index (χ2n) is 8.70. The maximum absolute atomic E-state index is 12.3. The fourth-order valence-corrected chi connectivity index (χ4v) is 4.30. The van der Waals surface area contributed by atoms with Crippen LogP contribution in [0.2, 0.25) is 0 Å². The molecule has 12 heteroatoms. The smallest absolute Gasteiger partial charge is 0.252 e. The molecule has 12 nitrogen and oxygen atoms in total. The molecule has 1 aliphatic heterocycles. The summed E-state index contributed by atoms with van der Waals surface area (Å²) in [6, 6.07) is 2.01. The molecule has 3 N–H and O–H groups in total. The van der Waals surface area contributed by atoms with Gasteiger partial charge in [-0.3, -0.25) is 9.48 Å². The zero-order valence-electron chi connectivity index (χ0n) is 19.5. The van der Waals surface area contributed by atoms with Crippen molar-refractivity contribution in [1.29, 1.82) is 5.26 Å². The molecule has 1 amide bonds. The molecule has 0 bridgehead atoms. The van der Waals surface area contributed by atoms with Crippen LogP contribution in [0.3, 0.4) is 0 Å². The standard InChI is InChI=1S/C23H25N11O/c1-3-4-33-11-16(8-28-33)19-13-34-22(31-19)20(17(9-29-34)21(25)35)30-18-12-32(10-14(18)2)23-26-6-15(5-24)7-27-23/h6-9,11,13-14,18,30H,3-4,10,12H2,1-2H3,(H2,25,35)/t14-,18-/m1/s1. The van der Waals surface area contributed by atoms with Crippen molar-refractivity contribution in [2.24, 2.45) is 11.7 Å². The van der Waals surface area contributed by atoms with Gasteiger partial charge in [-0.05, 0) is 12.3 Å². The van der Waals surface area contributed by atoms with Crippen molar-refractivity contribution in [2.75, 3.05) is 23.3 Å². The van der Waals surface area contributed by atoms with Crippen molar-refractivity contribution in [3.63, 3.8) is 0 Å². The molecule has 4 aromatic heterocycles. The molecule has 1 aliphatic rings. The fourth-order valence-electron chi connectivity index (χ4n) is 4.30. The number of hydrogen-bond donors (Lipinski definition) is 2. The van der Waals surface area contributed by atoms with Gasteiger partial charge in [0.05, 0.1) is 53.5 Å². The zero-order chi connectivity index (χ0) is 24.5. The van der Waals surface area contributed by atoms with Crippen molar-refractivity contribution < 1.29 is 4.79 Å². The van der Waals surface area contributed by atoms with Gasteiger partial charge in [0.2, 0.25) is 5.95 Å². The molecule has 35 heavy (non-hydrogen) atoms. The Labute approximate surface area is 201 Å². The maximum atomic E-state index is 12.3. The number of nitrogens with zero attached hydrogens (tertiary/aromatic N) is 9. The fraction of sp³-hybridized carbons (Fsp3) is 0.348. The predicted octanol–water partition coefficient (Wildman–Crippen LogP) is 1.70. The maximum Gasteiger partial charge on any atom is 0.252 e. The van der Waals surface area contributed by atoms with Crippen molar-refractivity contribution >= 4 is 23.2 Å². The summed E-state index contributed by atoms with van der Waals surface area (Å²) in [7, 11) is 0. The lowest BCUT2D eigenvalue weighted by Gasteiger charge is -2.20. The highest BCUT2D eigenvalue weighted by Gasteiger charge is 2.32. The van der Waals surface area contributed by atoms with Gasteiger partial charge in [-0.25, -0.2) is 19.5 Å². The molecule has 0 aliphatic carbocycles. The van der Waals surface area contributed by atoms with Gasteiger partial charge < -0.3 is 16.0 Å².